The minimum Gasteiger partial charge on any atom is -0.378 e. The molecule has 1 aliphatic rings. The minimum absolute atomic E-state index is 0.0315. The highest BCUT2D eigenvalue weighted by Crippen LogP contribution is 2.22. The van der Waals surface area contributed by atoms with E-state index in [1.165, 1.54) is 6.07 Å². The summed E-state index contributed by atoms with van der Waals surface area (Å²) in [6.07, 6.45) is -0.0315. The number of hydrogen-bond acceptors (Lipinski definition) is 7. The molecule has 1 saturated heterocycles. The third-order valence-corrected chi connectivity index (χ3v) is 5.82. The molecule has 1 aromatic heterocycles. The van der Waals surface area contributed by atoms with Crippen molar-refractivity contribution in [2.75, 3.05) is 32.1 Å². The zero-order valence-corrected chi connectivity index (χ0v) is 13.4. The lowest BCUT2D eigenvalue weighted by molar-refractivity contribution is -0.134. The smallest absolute Gasteiger partial charge is 0.223 e. The third kappa shape index (κ3) is 3.11. The van der Waals surface area contributed by atoms with E-state index >= 15 is 0 Å². The molecule has 0 spiro atoms. The monoisotopic (exact) mass is 341 g/mol. The fourth-order valence-corrected chi connectivity index (χ4v) is 4.34. The van der Waals surface area contributed by atoms with E-state index in [0.29, 0.717) is 37.3 Å². The van der Waals surface area contributed by atoms with Gasteiger partial charge in [-0.3, -0.25) is 4.79 Å². The first-order valence-corrected chi connectivity index (χ1v) is 9.26. The van der Waals surface area contributed by atoms with E-state index in [9.17, 15) is 13.2 Å². The number of carbonyl (C=O) groups excluding carboxylic acids is 1. The van der Waals surface area contributed by atoms with E-state index in [1.54, 1.807) is 17.0 Å². The van der Waals surface area contributed by atoms with Gasteiger partial charge in [0, 0.05) is 19.5 Å². The summed E-state index contributed by atoms with van der Waals surface area (Å²) < 4.78 is 38.2. The van der Waals surface area contributed by atoms with Crippen LogP contribution in [0.15, 0.2) is 23.1 Å². The van der Waals surface area contributed by atoms with Crippen molar-refractivity contribution in [1.82, 2.24) is 13.6 Å². The van der Waals surface area contributed by atoms with Gasteiger partial charge in [0.2, 0.25) is 5.91 Å². The number of hydrogen-bond donors (Lipinski definition) is 0. The van der Waals surface area contributed by atoms with E-state index in [1.807, 2.05) is 0 Å². The van der Waals surface area contributed by atoms with Crippen LogP contribution in [0, 0.1) is 0 Å². The highest BCUT2D eigenvalue weighted by Gasteiger charge is 2.23. The molecular formula is C13H15N3O4S2. The van der Waals surface area contributed by atoms with Gasteiger partial charge in [-0.2, -0.15) is 8.75 Å². The maximum absolute atomic E-state index is 12.5. The predicted molar refractivity (Wildman–Crippen MR) is 81.5 cm³/mol. The summed E-state index contributed by atoms with van der Waals surface area (Å²) in [5.41, 5.74) is 0.942. The molecule has 0 aliphatic carbocycles. The van der Waals surface area contributed by atoms with Crippen molar-refractivity contribution in [3.8, 4) is 0 Å². The summed E-state index contributed by atoms with van der Waals surface area (Å²) in [6.45, 7) is 2.04. The lowest BCUT2D eigenvalue weighted by Crippen LogP contribution is -2.41. The Labute approximate surface area is 132 Å². The second-order valence-electron chi connectivity index (χ2n) is 4.95. The number of ether oxygens (including phenoxy) is 1. The standard InChI is InChI=1S/C13H15N3O4S2/c17-12(16-5-7-20-8-6-16)4-9-22(18,19)11-3-1-2-10-13(11)15-21-14-10/h1-3H,4-9H2. The molecule has 2 heterocycles. The van der Waals surface area contributed by atoms with Crippen LogP contribution in [0.4, 0.5) is 0 Å². The summed E-state index contributed by atoms with van der Waals surface area (Å²) in [5.74, 6) is -0.379. The van der Waals surface area contributed by atoms with Crippen LogP contribution < -0.4 is 0 Å². The van der Waals surface area contributed by atoms with Crippen LogP contribution in [-0.4, -0.2) is 60.0 Å². The topological polar surface area (TPSA) is 89.5 Å². The summed E-state index contributed by atoms with van der Waals surface area (Å²) in [4.78, 5) is 13.9. The summed E-state index contributed by atoms with van der Waals surface area (Å²) in [6, 6.07) is 4.87. The molecule has 22 heavy (non-hydrogen) atoms. The van der Waals surface area contributed by atoms with Gasteiger partial charge in [-0.15, -0.1) is 0 Å². The first-order valence-electron chi connectivity index (χ1n) is 6.87. The van der Waals surface area contributed by atoms with Gasteiger partial charge in [0.05, 0.1) is 35.6 Å². The van der Waals surface area contributed by atoms with Crippen LogP contribution in [0.1, 0.15) is 6.42 Å². The molecule has 0 atom stereocenters. The molecule has 2 aromatic rings. The molecule has 0 radical (unpaired) electrons. The maximum atomic E-state index is 12.5. The van der Waals surface area contributed by atoms with Gasteiger partial charge in [0.25, 0.3) is 0 Å². The fourth-order valence-electron chi connectivity index (χ4n) is 2.33. The SMILES string of the molecule is O=C(CCS(=O)(=O)c1cccc2nsnc12)N1CCOCC1. The third-order valence-electron chi connectivity index (χ3n) is 3.53. The highest BCUT2D eigenvalue weighted by atomic mass is 32.2. The number of carbonyl (C=O) groups is 1. The zero-order chi connectivity index (χ0) is 15.6. The minimum atomic E-state index is -3.57. The van der Waals surface area contributed by atoms with Gasteiger partial charge >= 0.3 is 0 Å². The van der Waals surface area contributed by atoms with Crippen molar-refractivity contribution >= 4 is 38.5 Å². The quantitative estimate of drug-likeness (QED) is 0.814. The number of sulfone groups is 1. The Bertz CT molecular complexity index is 781. The van der Waals surface area contributed by atoms with Gasteiger partial charge in [-0.1, -0.05) is 6.07 Å². The Morgan fingerprint density at radius 1 is 1.27 bits per heavy atom. The molecule has 9 heteroatoms. The van der Waals surface area contributed by atoms with Crippen molar-refractivity contribution in [3.05, 3.63) is 18.2 Å². The molecule has 1 aliphatic heterocycles. The fraction of sp³-hybridized carbons (Fsp3) is 0.462. The molecule has 118 valence electrons. The zero-order valence-electron chi connectivity index (χ0n) is 11.8. The van der Waals surface area contributed by atoms with Crippen molar-refractivity contribution in [2.24, 2.45) is 0 Å². The van der Waals surface area contributed by atoms with Crippen molar-refractivity contribution in [2.45, 2.75) is 11.3 Å². The van der Waals surface area contributed by atoms with E-state index in [2.05, 4.69) is 8.75 Å². The van der Waals surface area contributed by atoms with Crippen molar-refractivity contribution in [1.29, 1.82) is 0 Å². The second kappa shape index (κ2) is 6.27. The summed E-state index contributed by atoms with van der Waals surface area (Å²) >= 11 is 0.977. The summed E-state index contributed by atoms with van der Waals surface area (Å²) in [7, 11) is -3.57. The normalized spacial score (nSPS) is 16.1. The number of benzene rings is 1. The molecular weight excluding hydrogens is 326 g/mol. The van der Waals surface area contributed by atoms with Gasteiger partial charge in [0.1, 0.15) is 11.0 Å². The van der Waals surface area contributed by atoms with Crippen LogP contribution in [0.5, 0.6) is 0 Å². The highest BCUT2D eigenvalue weighted by molar-refractivity contribution is 7.91. The Hall–Kier alpha value is -1.58. The average molecular weight is 341 g/mol. The van der Waals surface area contributed by atoms with Gasteiger partial charge in [-0.25, -0.2) is 8.42 Å². The van der Waals surface area contributed by atoms with E-state index < -0.39 is 9.84 Å². The second-order valence-corrected chi connectivity index (χ2v) is 7.56. The number of amides is 1. The van der Waals surface area contributed by atoms with Crippen LogP contribution in [0.2, 0.25) is 0 Å². The van der Waals surface area contributed by atoms with Crippen LogP contribution in [-0.2, 0) is 19.4 Å². The van der Waals surface area contributed by atoms with Crippen molar-refractivity contribution in [3.63, 3.8) is 0 Å². The molecule has 0 N–H and O–H groups in total. The number of morpholine rings is 1. The maximum Gasteiger partial charge on any atom is 0.223 e. The van der Waals surface area contributed by atoms with Crippen LogP contribution in [0.3, 0.4) is 0 Å². The average Bonchev–Trinajstić information content (AvgIpc) is 3.02. The van der Waals surface area contributed by atoms with E-state index in [4.69, 9.17) is 4.74 Å². The predicted octanol–water partition coefficient (Wildman–Crippen LogP) is 0.714. The van der Waals surface area contributed by atoms with Gasteiger partial charge in [-0.05, 0) is 12.1 Å². The molecule has 3 rings (SSSR count). The molecule has 1 fully saturated rings. The van der Waals surface area contributed by atoms with E-state index in [-0.39, 0.29) is 23.0 Å². The lowest BCUT2D eigenvalue weighted by atomic mass is 10.3. The summed E-state index contributed by atoms with van der Waals surface area (Å²) in [5, 5.41) is 0. The number of nitrogens with zero attached hydrogens (tertiary/aromatic N) is 3. The number of fused-ring (bicyclic) bond motifs is 1. The number of aromatic nitrogens is 2. The Balaban J connectivity index is 1.73. The largest absolute Gasteiger partial charge is 0.378 e. The van der Waals surface area contributed by atoms with Crippen molar-refractivity contribution < 1.29 is 17.9 Å². The molecule has 0 saturated carbocycles. The lowest BCUT2D eigenvalue weighted by Gasteiger charge is -2.26. The molecule has 1 aromatic carbocycles. The van der Waals surface area contributed by atoms with E-state index in [0.717, 1.165) is 11.7 Å². The molecule has 0 unspecified atom stereocenters. The first-order chi connectivity index (χ1) is 10.6. The van der Waals surface area contributed by atoms with Crippen LogP contribution >= 0.6 is 11.7 Å². The number of rotatable bonds is 4. The Kier molecular flexibility index (Phi) is 4.37. The van der Waals surface area contributed by atoms with Gasteiger partial charge in [0.15, 0.2) is 9.84 Å². The molecule has 7 nitrogen and oxygen atoms in total. The van der Waals surface area contributed by atoms with Gasteiger partial charge < -0.3 is 9.64 Å². The molecule has 1 amide bonds. The first kappa shape index (κ1) is 15.3. The van der Waals surface area contributed by atoms with Crippen LogP contribution in [0.25, 0.3) is 11.0 Å². The Morgan fingerprint density at radius 3 is 2.82 bits per heavy atom. The molecule has 0 bridgehead atoms. The Morgan fingerprint density at radius 2 is 2.05 bits per heavy atom.